The summed E-state index contributed by atoms with van der Waals surface area (Å²) in [5.41, 5.74) is 6.35. The number of nitrogens with one attached hydrogen (secondary N) is 2. The van der Waals surface area contributed by atoms with E-state index in [1.807, 2.05) is 19.2 Å². The Morgan fingerprint density at radius 3 is 2.79 bits per heavy atom. The van der Waals surface area contributed by atoms with Gasteiger partial charge in [0.15, 0.2) is 12.0 Å². The monoisotopic (exact) mass is 611 g/mol. The summed E-state index contributed by atoms with van der Waals surface area (Å²) < 4.78 is 14.1. The van der Waals surface area contributed by atoms with Crippen molar-refractivity contribution in [2.45, 2.75) is 44.6 Å². The third kappa shape index (κ3) is 5.75. The first-order chi connectivity index (χ1) is 20.2. The maximum atomic E-state index is 13.1. The Hall–Kier alpha value is -4.20. The van der Waals surface area contributed by atoms with Crippen LogP contribution in [-0.2, 0) is 16.0 Å². The Kier molecular flexibility index (Phi) is 7.47. The van der Waals surface area contributed by atoms with Gasteiger partial charge >= 0.3 is 6.09 Å². The van der Waals surface area contributed by atoms with Crippen LogP contribution >= 0.6 is 23.2 Å². The first-order valence-corrected chi connectivity index (χ1v) is 13.9. The molecule has 2 aliphatic rings. The molecule has 1 aromatic carbocycles. The van der Waals surface area contributed by atoms with Crippen molar-refractivity contribution >= 4 is 40.9 Å². The van der Waals surface area contributed by atoms with E-state index in [4.69, 9.17) is 33.0 Å². The van der Waals surface area contributed by atoms with Gasteiger partial charge in [0.05, 0.1) is 47.0 Å². The molecule has 13 nitrogen and oxygen atoms in total. The largest absolute Gasteiger partial charge is 0.452 e. The van der Waals surface area contributed by atoms with Crippen LogP contribution < -0.4 is 10.7 Å². The molecule has 1 aliphatic heterocycles. The number of nitrogens with zero attached hydrogens (tertiary/aromatic N) is 7. The highest BCUT2D eigenvalue weighted by atomic mass is 35.5. The van der Waals surface area contributed by atoms with E-state index in [0.29, 0.717) is 45.3 Å². The number of hydrazine groups is 1. The van der Waals surface area contributed by atoms with Crippen LogP contribution in [0.15, 0.2) is 42.7 Å². The molecule has 4 aromatic rings. The fraction of sp³-hybridized carbons (Fsp3) is 0.333. The van der Waals surface area contributed by atoms with Crippen LogP contribution in [0.4, 0.5) is 10.5 Å². The van der Waals surface area contributed by atoms with Crippen molar-refractivity contribution in [3.63, 3.8) is 0 Å². The molecule has 2 amide bonds. The minimum Gasteiger partial charge on any atom is -0.452 e. The first kappa shape index (κ1) is 27.9. The number of anilines is 1. The van der Waals surface area contributed by atoms with Crippen molar-refractivity contribution in [1.82, 2.24) is 40.2 Å². The van der Waals surface area contributed by atoms with Gasteiger partial charge < -0.3 is 14.8 Å². The highest BCUT2D eigenvalue weighted by Gasteiger charge is 2.44. The summed E-state index contributed by atoms with van der Waals surface area (Å²) in [7, 11) is 2.60. The van der Waals surface area contributed by atoms with E-state index in [9.17, 15) is 9.59 Å². The second-order valence-electron chi connectivity index (χ2n) is 10.1. The van der Waals surface area contributed by atoms with Crippen molar-refractivity contribution in [3.05, 3.63) is 81.0 Å². The van der Waals surface area contributed by atoms with E-state index in [1.54, 1.807) is 33.8 Å². The molecular formula is C27H27Cl2N9O4. The van der Waals surface area contributed by atoms with E-state index in [1.165, 1.54) is 20.2 Å². The Bertz CT molecular complexity index is 1670. The lowest BCUT2D eigenvalue weighted by molar-refractivity contribution is 0.0767. The van der Waals surface area contributed by atoms with E-state index < -0.39 is 24.3 Å². The zero-order chi connectivity index (χ0) is 29.5. The number of amides is 2. The summed E-state index contributed by atoms with van der Waals surface area (Å²) in [5.74, 6) is 0.398. The lowest BCUT2D eigenvalue weighted by Crippen LogP contribution is -2.43. The summed E-state index contributed by atoms with van der Waals surface area (Å²) >= 11 is 12.8. The average Bonchev–Trinajstić information content (AvgIpc) is 3.87. The number of halogens is 2. The van der Waals surface area contributed by atoms with Gasteiger partial charge in [-0.25, -0.2) is 24.2 Å². The fourth-order valence-corrected chi connectivity index (χ4v) is 5.13. The number of epoxide rings is 1. The molecule has 42 heavy (non-hydrogen) atoms. The molecule has 0 radical (unpaired) electrons. The van der Waals surface area contributed by atoms with Gasteiger partial charge in [0.2, 0.25) is 0 Å². The summed E-state index contributed by atoms with van der Waals surface area (Å²) in [5, 5.41) is 18.4. The van der Waals surface area contributed by atoms with Gasteiger partial charge in [-0.15, -0.1) is 5.10 Å². The summed E-state index contributed by atoms with van der Waals surface area (Å²) in [6, 6.07) is 8.65. The van der Waals surface area contributed by atoms with Gasteiger partial charge in [0.1, 0.15) is 6.10 Å². The molecule has 15 heteroatoms. The van der Waals surface area contributed by atoms with Crippen molar-refractivity contribution in [1.29, 1.82) is 0 Å². The SMILES string of the molecule is COC(=O)N(C)NC(=O)c1cc(Cl)cc(C)c1NC1OC1c1cc(Cn2cc(C3CC3)nn2)nn1-c1ncccc1Cl. The first-order valence-electron chi connectivity index (χ1n) is 13.2. The molecule has 2 atom stereocenters. The highest BCUT2D eigenvalue weighted by Crippen LogP contribution is 2.42. The summed E-state index contributed by atoms with van der Waals surface area (Å²) in [6.45, 7) is 2.22. The zero-order valence-electron chi connectivity index (χ0n) is 22.9. The number of benzene rings is 1. The van der Waals surface area contributed by atoms with Gasteiger partial charge in [0.25, 0.3) is 5.91 Å². The second-order valence-corrected chi connectivity index (χ2v) is 11.0. The molecule has 0 bridgehead atoms. The van der Waals surface area contributed by atoms with E-state index >= 15 is 0 Å². The van der Waals surface area contributed by atoms with Crippen LogP contribution in [0, 0.1) is 6.92 Å². The molecule has 2 unspecified atom stereocenters. The number of rotatable bonds is 8. The van der Waals surface area contributed by atoms with E-state index in [2.05, 4.69) is 30.8 Å². The fourth-order valence-electron chi connectivity index (χ4n) is 4.65. The molecule has 6 rings (SSSR count). The topological polar surface area (TPSA) is 145 Å². The van der Waals surface area contributed by atoms with Crippen molar-refractivity contribution in [2.75, 3.05) is 19.5 Å². The highest BCUT2D eigenvalue weighted by molar-refractivity contribution is 6.32. The maximum Gasteiger partial charge on any atom is 0.428 e. The molecule has 4 heterocycles. The van der Waals surface area contributed by atoms with Crippen molar-refractivity contribution in [2.24, 2.45) is 0 Å². The van der Waals surface area contributed by atoms with E-state index in [-0.39, 0.29) is 5.56 Å². The normalized spacial score (nSPS) is 17.5. The van der Waals surface area contributed by atoms with E-state index in [0.717, 1.165) is 29.2 Å². The maximum absolute atomic E-state index is 13.1. The standard InChI is InChI=1S/C27H27Cl2N9O4/c1-14-9-16(28)10-18(25(39)34-36(2)27(40)41-3)22(14)31-26-23(42-26)21-11-17(12-37-13-20(32-35-37)15-6-7-15)33-38(21)24-19(29)5-4-8-30-24/h4-5,8-11,13,15,23,26,31H,6-7,12H2,1-3H3,(H,34,39). The number of aryl methyl sites for hydroxylation is 1. The van der Waals surface area contributed by atoms with Gasteiger partial charge in [-0.1, -0.05) is 28.4 Å². The molecular weight excluding hydrogens is 585 g/mol. The number of methoxy groups -OCH3 is 1. The summed E-state index contributed by atoms with van der Waals surface area (Å²) in [6.07, 6.45) is 4.20. The van der Waals surface area contributed by atoms with Crippen LogP contribution in [0.2, 0.25) is 10.0 Å². The van der Waals surface area contributed by atoms with Crippen molar-refractivity contribution < 1.29 is 19.1 Å². The van der Waals surface area contributed by atoms with Gasteiger partial charge in [-0.2, -0.15) is 5.10 Å². The smallest absolute Gasteiger partial charge is 0.428 e. The number of aromatic nitrogens is 6. The molecule has 218 valence electrons. The molecule has 1 aliphatic carbocycles. The minimum atomic E-state index is -0.728. The summed E-state index contributed by atoms with van der Waals surface area (Å²) in [4.78, 5) is 29.4. The number of hydrogen-bond acceptors (Lipinski definition) is 9. The van der Waals surface area contributed by atoms with Gasteiger partial charge in [-0.05, 0) is 55.7 Å². The third-order valence-electron chi connectivity index (χ3n) is 6.94. The Labute approximate surface area is 250 Å². The number of hydrogen-bond donors (Lipinski definition) is 2. The Balaban J connectivity index is 1.27. The zero-order valence-corrected chi connectivity index (χ0v) is 24.4. The average molecular weight is 612 g/mol. The van der Waals surface area contributed by atoms with Crippen LogP contribution in [0.3, 0.4) is 0 Å². The second kappa shape index (κ2) is 11.2. The van der Waals surface area contributed by atoms with Crippen LogP contribution in [0.25, 0.3) is 5.82 Å². The Morgan fingerprint density at radius 2 is 2.05 bits per heavy atom. The third-order valence-corrected chi connectivity index (χ3v) is 7.45. The number of ether oxygens (including phenoxy) is 2. The molecule has 2 N–H and O–H groups in total. The van der Waals surface area contributed by atoms with Crippen molar-refractivity contribution in [3.8, 4) is 5.82 Å². The molecule has 3 aromatic heterocycles. The predicted octanol–water partition coefficient (Wildman–Crippen LogP) is 4.25. The molecule has 1 saturated carbocycles. The van der Waals surface area contributed by atoms with Gasteiger partial charge in [0, 0.05) is 30.4 Å². The number of carbonyl (C=O) groups is 2. The predicted molar refractivity (Wildman–Crippen MR) is 153 cm³/mol. The lowest BCUT2D eigenvalue weighted by Gasteiger charge is -2.19. The minimum absolute atomic E-state index is 0.226. The van der Waals surface area contributed by atoms with Crippen LogP contribution in [0.1, 0.15) is 57.9 Å². The molecule has 2 fully saturated rings. The lowest BCUT2D eigenvalue weighted by atomic mass is 10.1. The molecule has 1 saturated heterocycles. The van der Waals surface area contributed by atoms with Crippen LogP contribution in [-0.4, -0.2) is 67.2 Å². The van der Waals surface area contributed by atoms with Crippen LogP contribution in [0.5, 0.6) is 0 Å². The Morgan fingerprint density at radius 1 is 1.24 bits per heavy atom. The quantitative estimate of drug-likeness (QED) is 0.220. The number of carbonyl (C=O) groups excluding carboxylic acids is 2. The number of pyridine rings is 1. The molecule has 0 spiro atoms. The van der Waals surface area contributed by atoms with Gasteiger partial charge in [-0.3, -0.25) is 10.2 Å².